The molecule has 13 nitrogen and oxygen atoms in total. The molecule has 3 aromatic heterocycles. The zero-order valence-corrected chi connectivity index (χ0v) is 26.2. The van der Waals surface area contributed by atoms with E-state index in [0.29, 0.717) is 18.7 Å². The van der Waals surface area contributed by atoms with Gasteiger partial charge in [-0.3, -0.25) is 14.2 Å². The maximum absolute atomic E-state index is 15.1. The van der Waals surface area contributed by atoms with Gasteiger partial charge in [-0.1, -0.05) is 0 Å². The number of anilines is 3. The van der Waals surface area contributed by atoms with Crippen LogP contribution in [0.4, 0.5) is 26.1 Å². The Morgan fingerprint density at radius 3 is 2.35 bits per heavy atom. The van der Waals surface area contributed by atoms with Crippen LogP contribution in [0, 0.1) is 11.6 Å². The summed E-state index contributed by atoms with van der Waals surface area (Å²) in [7, 11) is -0.815. The molecule has 0 radical (unpaired) electrons. The molecule has 2 aromatic carbocycles. The van der Waals surface area contributed by atoms with Crippen molar-refractivity contribution < 1.29 is 26.7 Å². The number of halogens is 2. The van der Waals surface area contributed by atoms with Crippen LogP contribution in [-0.4, -0.2) is 51.8 Å². The van der Waals surface area contributed by atoms with E-state index in [9.17, 15) is 27.2 Å². The van der Waals surface area contributed by atoms with E-state index >= 15 is 4.39 Å². The second-order valence-electron chi connectivity index (χ2n) is 11.0. The average Bonchev–Trinajstić information content (AvgIpc) is 3.89. The SMILES string of the molecule is CN(C)S(=O)(=O)c1ccc(Nc2cc(Oc3ccc(NC(=O)c4cn(C5CC5)c(=O)n(-c5ccc(F)cc5)c4=O)cc3F)ccn2)nc1. The van der Waals surface area contributed by atoms with Crippen LogP contribution in [0.25, 0.3) is 5.69 Å². The van der Waals surface area contributed by atoms with Gasteiger partial charge in [0.05, 0.1) is 5.69 Å². The Morgan fingerprint density at radius 1 is 0.958 bits per heavy atom. The first-order chi connectivity index (χ1) is 22.9. The van der Waals surface area contributed by atoms with E-state index in [2.05, 4.69) is 20.6 Å². The lowest BCUT2D eigenvalue weighted by molar-refractivity contribution is 0.102. The number of rotatable bonds is 10. The zero-order chi connectivity index (χ0) is 34.2. The largest absolute Gasteiger partial charge is 0.454 e. The predicted octanol–water partition coefficient (Wildman–Crippen LogP) is 4.44. The Kier molecular flexibility index (Phi) is 8.59. The fraction of sp³-hybridized carbons (Fsp3) is 0.156. The van der Waals surface area contributed by atoms with Gasteiger partial charge < -0.3 is 15.4 Å². The number of sulfonamides is 1. The van der Waals surface area contributed by atoms with Gasteiger partial charge in [-0.05, 0) is 67.4 Å². The minimum absolute atomic E-state index is 0.0163. The highest BCUT2D eigenvalue weighted by Crippen LogP contribution is 2.33. The van der Waals surface area contributed by atoms with E-state index in [-0.39, 0.29) is 45.2 Å². The fourth-order valence-corrected chi connectivity index (χ4v) is 5.49. The van der Waals surface area contributed by atoms with Crippen molar-refractivity contribution in [2.45, 2.75) is 23.8 Å². The lowest BCUT2D eigenvalue weighted by Crippen LogP contribution is -2.42. The molecule has 0 saturated heterocycles. The Bertz CT molecular complexity index is 2250. The number of carbonyl (C=O) groups is 1. The highest BCUT2D eigenvalue weighted by atomic mass is 32.2. The summed E-state index contributed by atoms with van der Waals surface area (Å²) < 4.78 is 62.1. The van der Waals surface area contributed by atoms with Gasteiger partial charge in [0, 0.05) is 56.5 Å². The molecule has 0 atom stereocenters. The third kappa shape index (κ3) is 6.70. The maximum Gasteiger partial charge on any atom is 0.335 e. The molecule has 0 spiro atoms. The van der Waals surface area contributed by atoms with Crippen molar-refractivity contribution in [2.75, 3.05) is 24.7 Å². The number of benzene rings is 2. The fourth-order valence-electron chi connectivity index (χ4n) is 4.64. The number of carbonyl (C=O) groups excluding carboxylic acids is 1. The summed E-state index contributed by atoms with van der Waals surface area (Å²) in [5.41, 5.74) is -1.80. The monoisotopic (exact) mass is 675 g/mol. The van der Waals surface area contributed by atoms with Crippen LogP contribution in [-0.2, 0) is 10.0 Å². The van der Waals surface area contributed by atoms with Crippen molar-refractivity contribution in [1.82, 2.24) is 23.4 Å². The number of aromatic nitrogens is 4. The van der Waals surface area contributed by atoms with Gasteiger partial charge in [0.2, 0.25) is 10.0 Å². The molecular formula is C32H27F2N7O6S. The Morgan fingerprint density at radius 2 is 1.71 bits per heavy atom. The van der Waals surface area contributed by atoms with E-state index in [1.807, 2.05) is 0 Å². The first kappa shape index (κ1) is 32.2. The first-order valence-electron chi connectivity index (χ1n) is 14.5. The number of pyridine rings is 2. The molecule has 1 aliphatic carbocycles. The van der Waals surface area contributed by atoms with Gasteiger partial charge in [-0.25, -0.2) is 40.8 Å². The van der Waals surface area contributed by atoms with Crippen LogP contribution < -0.4 is 26.6 Å². The van der Waals surface area contributed by atoms with E-state index < -0.39 is 38.8 Å². The molecule has 2 N–H and O–H groups in total. The van der Waals surface area contributed by atoms with Crippen LogP contribution in [0.3, 0.4) is 0 Å². The number of hydrogen-bond donors (Lipinski definition) is 2. The number of amides is 1. The quantitative estimate of drug-likeness (QED) is 0.218. The minimum Gasteiger partial charge on any atom is -0.454 e. The summed E-state index contributed by atoms with van der Waals surface area (Å²) in [6.45, 7) is 0. The molecule has 48 heavy (non-hydrogen) atoms. The molecule has 6 rings (SSSR count). The summed E-state index contributed by atoms with van der Waals surface area (Å²) in [4.78, 5) is 48.0. The lowest BCUT2D eigenvalue weighted by atomic mass is 10.2. The van der Waals surface area contributed by atoms with Crippen LogP contribution in [0.1, 0.15) is 29.2 Å². The lowest BCUT2D eigenvalue weighted by Gasteiger charge is -2.13. The molecule has 0 aliphatic heterocycles. The van der Waals surface area contributed by atoms with E-state index in [1.165, 1.54) is 85.8 Å². The van der Waals surface area contributed by atoms with Gasteiger partial charge in [0.15, 0.2) is 11.6 Å². The van der Waals surface area contributed by atoms with Crippen molar-refractivity contribution in [3.05, 3.63) is 123 Å². The number of nitrogens with zero attached hydrogens (tertiary/aromatic N) is 5. The molecule has 0 unspecified atom stereocenters. The molecule has 5 aromatic rings. The summed E-state index contributed by atoms with van der Waals surface area (Å²) in [6, 6.07) is 14.0. The zero-order valence-electron chi connectivity index (χ0n) is 25.4. The van der Waals surface area contributed by atoms with Gasteiger partial charge in [-0.2, -0.15) is 0 Å². The van der Waals surface area contributed by atoms with Crippen molar-refractivity contribution in [1.29, 1.82) is 0 Å². The molecule has 16 heteroatoms. The number of ether oxygens (including phenoxy) is 1. The second kappa shape index (κ2) is 12.8. The third-order valence-electron chi connectivity index (χ3n) is 7.30. The van der Waals surface area contributed by atoms with Crippen LogP contribution >= 0.6 is 0 Å². The Hall–Kier alpha value is -5.74. The molecule has 1 saturated carbocycles. The number of nitrogens with one attached hydrogen (secondary N) is 2. The van der Waals surface area contributed by atoms with E-state index in [4.69, 9.17) is 4.74 Å². The Balaban J connectivity index is 1.18. The topological polar surface area (TPSA) is 158 Å². The van der Waals surface area contributed by atoms with Crippen LogP contribution in [0.15, 0.2) is 99.8 Å². The van der Waals surface area contributed by atoms with Crippen LogP contribution in [0.2, 0.25) is 0 Å². The normalized spacial score (nSPS) is 12.9. The molecule has 3 heterocycles. The van der Waals surface area contributed by atoms with Gasteiger partial charge >= 0.3 is 5.69 Å². The van der Waals surface area contributed by atoms with Crippen LogP contribution in [0.5, 0.6) is 11.5 Å². The molecule has 246 valence electrons. The standard InChI is InChI=1S/C32H27F2N7O6S/c1-39(2)48(45,46)24-10-12-28(36-17-24)38-29-16-23(13-14-35-29)47-27-11-5-20(15-26(27)34)37-30(42)25-18-40(21-8-9-21)32(44)41(31(25)43)22-6-3-19(33)4-7-22/h3-7,10-18,21H,8-9H2,1-2H3,(H,37,42)(H,35,36,38). The number of hydrogen-bond acceptors (Lipinski definition) is 9. The smallest absolute Gasteiger partial charge is 0.335 e. The molecular weight excluding hydrogens is 648 g/mol. The van der Waals surface area contributed by atoms with Crippen molar-refractivity contribution in [2.24, 2.45) is 0 Å². The molecule has 1 aliphatic rings. The first-order valence-corrected chi connectivity index (χ1v) is 15.9. The average molecular weight is 676 g/mol. The second-order valence-corrected chi connectivity index (χ2v) is 13.1. The summed E-state index contributed by atoms with van der Waals surface area (Å²) in [6.07, 6.45) is 5.19. The van der Waals surface area contributed by atoms with Crippen molar-refractivity contribution in [3.8, 4) is 17.2 Å². The third-order valence-corrected chi connectivity index (χ3v) is 9.10. The Labute approximate surface area is 272 Å². The summed E-state index contributed by atoms with van der Waals surface area (Å²) in [5.74, 6) is -1.64. The summed E-state index contributed by atoms with van der Waals surface area (Å²) in [5, 5.41) is 5.41. The highest BCUT2D eigenvalue weighted by Gasteiger charge is 2.29. The van der Waals surface area contributed by atoms with Gasteiger partial charge in [-0.15, -0.1) is 0 Å². The van der Waals surface area contributed by atoms with Crippen molar-refractivity contribution in [3.63, 3.8) is 0 Å². The van der Waals surface area contributed by atoms with Gasteiger partial charge in [0.1, 0.15) is 33.7 Å². The predicted molar refractivity (Wildman–Crippen MR) is 172 cm³/mol. The molecule has 1 fully saturated rings. The molecule has 1 amide bonds. The highest BCUT2D eigenvalue weighted by molar-refractivity contribution is 7.89. The van der Waals surface area contributed by atoms with E-state index in [1.54, 1.807) is 0 Å². The van der Waals surface area contributed by atoms with Crippen molar-refractivity contribution >= 4 is 33.3 Å². The summed E-state index contributed by atoms with van der Waals surface area (Å²) >= 11 is 0. The van der Waals surface area contributed by atoms with E-state index in [0.717, 1.165) is 27.1 Å². The molecule has 0 bridgehead atoms. The minimum atomic E-state index is -3.64. The maximum atomic E-state index is 15.1. The van der Waals surface area contributed by atoms with Gasteiger partial charge in [0.25, 0.3) is 11.5 Å².